The molecule has 0 aliphatic carbocycles. The number of hydrogen-bond donors (Lipinski definition) is 1. The van der Waals surface area contributed by atoms with E-state index in [0.29, 0.717) is 0 Å². The van der Waals surface area contributed by atoms with E-state index in [1.165, 1.54) is 5.69 Å². The SMILES string of the molecule is CN=C(NCCCN1CCN(c2ncccn2)CC1)N1CCN(c2ccccc2)CC1. The number of hydrogen-bond acceptors (Lipinski definition) is 6. The molecule has 166 valence electrons. The van der Waals surface area contributed by atoms with Crippen LogP contribution in [0.4, 0.5) is 11.6 Å². The Hall–Kier alpha value is -2.87. The molecule has 1 aromatic heterocycles. The summed E-state index contributed by atoms with van der Waals surface area (Å²) in [5.41, 5.74) is 1.31. The van der Waals surface area contributed by atoms with Crippen molar-refractivity contribution in [2.45, 2.75) is 6.42 Å². The van der Waals surface area contributed by atoms with Crippen molar-refractivity contribution in [2.75, 3.05) is 82.3 Å². The van der Waals surface area contributed by atoms with Crippen LogP contribution in [0, 0.1) is 0 Å². The minimum Gasteiger partial charge on any atom is -0.368 e. The number of benzene rings is 1. The number of nitrogens with one attached hydrogen (secondary N) is 1. The number of nitrogens with zero attached hydrogens (tertiary/aromatic N) is 7. The van der Waals surface area contributed by atoms with Crippen LogP contribution in [0.2, 0.25) is 0 Å². The molecule has 0 saturated carbocycles. The van der Waals surface area contributed by atoms with Gasteiger partial charge in [0, 0.05) is 84.0 Å². The van der Waals surface area contributed by atoms with Crippen LogP contribution in [-0.4, -0.2) is 98.2 Å². The second-order valence-corrected chi connectivity index (χ2v) is 8.01. The third-order valence-electron chi connectivity index (χ3n) is 6.05. The van der Waals surface area contributed by atoms with Crippen molar-refractivity contribution in [1.82, 2.24) is 25.1 Å². The zero-order valence-electron chi connectivity index (χ0n) is 18.5. The molecule has 2 aromatic rings. The molecule has 2 aliphatic heterocycles. The lowest BCUT2D eigenvalue weighted by Gasteiger charge is -2.38. The molecular weight excluding hydrogens is 388 g/mol. The highest BCUT2D eigenvalue weighted by molar-refractivity contribution is 5.80. The predicted octanol–water partition coefficient (Wildman–Crippen LogP) is 1.39. The van der Waals surface area contributed by atoms with Crippen LogP contribution in [-0.2, 0) is 0 Å². The molecule has 2 saturated heterocycles. The van der Waals surface area contributed by atoms with Gasteiger partial charge in [-0.1, -0.05) is 18.2 Å². The van der Waals surface area contributed by atoms with E-state index in [2.05, 4.69) is 70.2 Å². The first-order chi connectivity index (χ1) is 15.3. The Bertz CT molecular complexity index is 797. The van der Waals surface area contributed by atoms with Crippen LogP contribution in [0.25, 0.3) is 0 Å². The Balaban J connectivity index is 1.13. The van der Waals surface area contributed by atoms with Crippen LogP contribution in [0.15, 0.2) is 53.8 Å². The average molecular weight is 423 g/mol. The minimum atomic E-state index is 0.847. The lowest BCUT2D eigenvalue weighted by molar-refractivity contribution is 0.253. The van der Waals surface area contributed by atoms with Gasteiger partial charge in [-0.3, -0.25) is 9.89 Å². The van der Waals surface area contributed by atoms with E-state index in [4.69, 9.17) is 0 Å². The van der Waals surface area contributed by atoms with Crippen molar-refractivity contribution < 1.29 is 0 Å². The van der Waals surface area contributed by atoms with Crippen LogP contribution in [0.1, 0.15) is 6.42 Å². The lowest BCUT2D eigenvalue weighted by Crippen LogP contribution is -2.53. The van der Waals surface area contributed by atoms with E-state index in [0.717, 1.165) is 83.8 Å². The first-order valence-electron chi connectivity index (χ1n) is 11.3. The fraction of sp³-hybridized carbons (Fsp3) is 0.522. The highest BCUT2D eigenvalue weighted by Gasteiger charge is 2.20. The summed E-state index contributed by atoms with van der Waals surface area (Å²) in [5.74, 6) is 1.87. The van der Waals surface area contributed by atoms with Gasteiger partial charge in [0.25, 0.3) is 0 Å². The Morgan fingerprint density at radius 2 is 1.55 bits per heavy atom. The molecule has 1 N–H and O–H groups in total. The van der Waals surface area contributed by atoms with Crippen LogP contribution < -0.4 is 15.1 Å². The maximum Gasteiger partial charge on any atom is 0.225 e. The Morgan fingerprint density at radius 3 is 2.23 bits per heavy atom. The van der Waals surface area contributed by atoms with E-state index in [-0.39, 0.29) is 0 Å². The summed E-state index contributed by atoms with van der Waals surface area (Å²) < 4.78 is 0. The molecule has 0 unspecified atom stereocenters. The number of aliphatic imine (C=N–C) groups is 1. The Kier molecular flexibility index (Phi) is 7.55. The van der Waals surface area contributed by atoms with Gasteiger partial charge < -0.3 is 20.0 Å². The van der Waals surface area contributed by atoms with Gasteiger partial charge in [0.1, 0.15) is 0 Å². The first-order valence-corrected chi connectivity index (χ1v) is 11.3. The molecule has 2 aliphatic rings. The maximum absolute atomic E-state index is 4.52. The van der Waals surface area contributed by atoms with E-state index >= 15 is 0 Å². The molecule has 3 heterocycles. The zero-order chi connectivity index (χ0) is 21.3. The molecule has 2 fully saturated rings. The van der Waals surface area contributed by atoms with Crippen molar-refractivity contribution in [2.24, 2.45) is 4.99 Å². The molecule has 0 spiro atoms. The largest absolute Gasteiger partial charge is 0.368 e. The van der Waals surface area contributed by atoms with Crippen LogP contribution >= 0.6 is 0 Å². The van der Waals surface area contributed by atoms with Gasteiger partial charge in [-0.2, -0.15) is 0 Å². The molecular formula is C23H34N8. The van der Waals surface area contributed by atoms with Crippen LogP contribution in [0.3, 0.4) is 0 Å². The highest BCUT2D eigenvalue weighted by atomic mass is 15.3. The van der Waals surface area contributed by atoms with E-state index in [1.54, 1.807) is 0 Å². The third-order valence-corrected chi connectivity index (χ3v) is 6.05. The predicted molar refractivity (Wildman–Crippen MR) is 127 cm³/mol. The molecule has 0 bridgehead atoms. The summed E-state index contributed by atoms with van der Waals surface area (Å²) in [6.07, 6.45) is 4.74. The molecule has 4 rings (SSSR count). The second-order valence-electron chi connectivity index (χ2n) is 8.01. The monoisotopic (exact) mass is 422 g/mol. The van der Waals surface area contributed by atoms with E-state index < -0.39 is 0 Å². The summed E-state index contributed by atoms with van der Waals surface area (Å²) >= 11 is 0. The third kappa shape index (κ3) is 5.85. The summed E-state index contributed by atoms with van der Waals surface area (Å²) in [6, 6.07) is 12.5. The first kappa shape index (κ1) is 21.4. The number of para-hydroxylation sites is 1. The van der Waals surface area contributed by atoms with Gasteiger partial charge in [-0.25, -0.2) is 9.97 Å². The van der Waals surface area contributed by atoms with Gasteiger partial charge in [0.15, 0.2) is 5.96 Å². The normalized spacial score (nSPS) is 18.4. The van der Waals surface area contributed by atoms with Crippen molar-refractivity contribution in [3.63, 3.8) is 0 Å². The molecule has 0 amide bonds. The number of rotatable bonds is 6. The van der Waals surface area contributed by atoms with Crippen molar-refractivity contribution in [1.29, 1.82) is 0 Å². The van der Waals surface area contributed by atoms with Gasteiger partial charge in [-0.15, -0.1) is 0 Å². The molecule has 8 heteroatoms. The standard InChI is InChI=1S/C23H34N8/c1-24-22(30-19-17-29(18-20-30)21-7-3-2-4-8-21)25-11-6-12-28-13-15-31(16-14-28)23-26-9-5-10-27-23/h2-5,7-10H,6,11-20H2,1H3,(H,24,25). The number of anilines is 2. The van der Waals surface area contributed by atoms with Gasteiger partial charge in [-0.05, 0) is 31.2 Å². The second kappa shape index (κ2) is 10.9. The van der Waals surface area contributed by atoms with Gasteiger partial charge in [0.2, 0.25) is 5.95 Å². The highest BCUT2D eigenvalue weighted by Crippen LogP contribution is 2.15. The summed E-state index contributed by atoms with van der Waals surface area (Å²) in [5, 5.41) is 3.57. The molecule has 0 radical (unpaired) electrons. The molecule has 31 heavy (non-hydrogen) atoms. The van der Waals surface area contributed by atoms with Crippen molar-refractivity contribution in [3.05, 3.63) is 48.8 Å². The number of piperazine rings is 2. The number of guanidine groups is 1. The van der Waals surface area contributed by atoms with Crippen LogP contribution in [0.5, 0.6) is 0 Å². The molecule has 0 atom stereocenters. The Labute approximate surface area is 185 Å². The topological polar surface area (TPSA) is 63.1 Å². The van der Waals surface area contributed by atoms with Gasteiger partial charge in [0.05, 0.1) is 0 Å². The summed E-state index contributed by atoms with van der Waals surface area (Å²) in [6.45, 7) is 10.2. The maximum atomic E-state index is 4.52. The molecule has 8 nitrogen and oxygen atoms in total. The Morgan fingerprint density at radius 1 is 0.871 bits per heavy atom. The average Bonchev–Trinajstić information content (AvgIpc) is 2.86. The fourth-order valence-corrected chi connectivity index (χ4v) is 4.28. The lowest BCUT2D eigenvalue weighted by atomic mass is 10.2. The van der Waals surface area contributed by atoms with E-state index in [1.807, 2.05) is 25.5 Å². The minimum absolute atomic E-state index is 0.847. The smallest absolute Gasteiger partial charge is 0.225 e. The van der Waals surface area contributed by atoms with Crippen molar-refractivity contribution in [3.8, 4) is 0 Å². The fourth-order valence-electron chi connectivity index (χ4n) is 4.28. The van der Waals surface area contributed by atoms with E-state index in [9.17, 15) is 0 Å². The number of aromatic nitrogens is 2. The zero-order valence-corrected chi connectivity index (χ0v) is 18.5. The summed E-state index contributed by atoms with van der Waals surface area (Å²) in [7, 11) is 1.89. The molecule has 1 aromatic carbocycles. The van der Waals surface area contributed by atoms with Gasteiger partial charge >= 0.3 is 0 Å². The summed E-state index contributed by atoms with van der Waals surface area (Å²) in [4.78, 5) is 22.9. The quantitative estimate of drug-likeness (QED) is 0.429. The van der Waals surface area contributed by atoms with Crippen molar-refractivity contribution >= 4 is 17.6 Å².